The molecule has 358 valence electrons. The summed E-state index contributed by atoms with van der Waals surface area (Å²) >= 11 is 0. The fourth-order valence-electron chi connectivity index (χ4n) is 10.6. The molecule has 2 aromatic carbocycles. The van der Waals surface area contributed by atoms with Crippen LogP contribution in [0.25, 0.3) is 33.3 Å². The first-order valence-electron chi connectivity index (χ1n) is 23.8. The van der Waals surface area contributed by atoms with E-state index in [1.165, 1.54) is 16.0 Å². The Morgan fingerprint density at radius 2 is 1.84 bits per heavy atom. The van der Waals surface area contributed by atoms with Crippen LogP contribution in [-0.4, -0.2) is 118 Å². The van der Waals surface area contributed by atoms with Gasteiger partial charge in [0, 0.05) is 68.9 Å². The van der Waals surface area contributed by atoms with E-state index in [0.29, 0.717) is 45.4 Å². The Kier molecular flexibility index (Phi) is 14.9. The average Bonchev–Trinajstić information content (AvgIpc) is 3.85. The summed E-state index contributed by atoms with van der Waals surface area (Å²) in [5, 5.41) is 5.65. The number of hydrazine groups is 1. The van der Waals surface area contributed by atoms with Gasteiger partial charge >= 0.3 is 0 Å². The molecule has 3 aliphatic rings. The number of nitrogens with zero attached hydrogens (tertiary/aromatic N) is 5. The number of hydrogen-bond acceptors (Lipinski definition) is 9. The highest BCUT2D eigenvalue weighted by atomic mass is 16.5. The maximum atomic E-state index is 14.9. The third kappa shape index (κ3) is 9.98. The molecule has 0 unspecified atom stereocenters. The first-order valence-corrected chi connectivity index (χ1v) is 23.8. The Balaban J connectivity index is 1.30. The number of carbonyl (C=O) groups excluding carboxylic acids is 5. The van der Waals surface area contributed by atoms with E-state index in [1.54, 1.807) is 25.3 Å². The second-order valence-electron chi connectivity index (χ2n) is 19.9. The van der Waals surface area contributed by atoms with Crippen LogP contribution in [0.1, 0.15) is 90.7 Å². The molecule has 5 heterocycles. The van der Waals surface area contributed by atoms with Crippen LogP contribution < -0.4 is 10.7 Å². The van der Waals surface area contributed by atoms with Gasteiger partial charge in [-0.05, 0) is 110 Å². The van der Waals surface area contributed by atoms with Gasteiger partial charge in [-0.2, -0.15) is 0 Å². The molecule has 3 aliphatic heterocycles. The number of likely N-dealkylation sites (N-methyl/N-ethyl adjacent to an activating group) is 1. The summed E-state index contributed by atoms with van der Waals surface area (Å²) in [5.74, 6) is -2.17. The molecule has 6 atom stereocenters. The minimum atomic E-state index is -1.19. The third-order valence-electron chi connectivity index (χ3n) is 14.2. The van der Waals surface area contributed by atoms with Gasteiger partial charge in [0.2, 0.25) is 17.7 Å². The lowest BCUT2D eigenvalue weighted by Gasteiger charge is -2.42. The van der Waals surface area contributed by atoms with E-state index in [4.69, 9.17) is 14.5 Å². The molecular weight excluding hydrogens is 847 g/mol. The number of likely N-dealkylation sites (tertiary alicyclic amines) is 1. The smallest absolute Gasteiger partial charge is 0.259 e. The number of pyridine rings is 1. The van der Waals surface area contributed by atoms with Crippen LogP contribution >= 0.6 is 0 Å². The second kappa shape index (κ2) is 20.3. The number of ether oxygens (including phenoxy) is 2. The third-order valence-corrected chi connectivity index (χ3v) is 14.2. The molecule has 0 radical (unpaired) electrons. The first-order chi connectivity index (χ1) is 32.0. The summed E-state index contributed by atoms with van der Waals surface area (Å²) in [7, 11) is 3.32. The highest BCUT2D eigenvalue weighted by Gasteiger charge is 2.44. The van der Waals surface area contributed by atoms with E-state index in [1.807, 2.05) is 45.9 Å². The average molecular weight is 916 g/mol. The number of carbonyl (C=O) groups is 5. The first kappa shape index (κ1) is 49.2. The number of aldehydes is 1. The van der Waals surface area contributed by atoms with Gasteiger partial charge in [-0.3, -0.25) is 29.2 Å². The summed E-state index contributed by atoms with van der Waals surface area (Å²) in [5.41, 5.74) is 9.63. The number of aryl methyl sites for hydroxylation is 1. The molecule has 2 aromatic heterocycles. The maximum absolute atomic E-state index is 14.9. The van der Waals surface area contributed by atoms with E-state index in [-0.39, 0.29) is 42.9 Å². The number of methoxy groups -OCH3 is 1. The molecule has 7 rings (SSSR count). The molecule has 0 saturated carbocycles. The number of nitrogens with one attached hydrogen (secondary N) is 2. The molecule has 0 aliphatic carbocycles. The Morgan fingerprint density at radius 3 is 2.54 bits per heavy atom. The standard InChI is InChI=1S/C53H69N7O7/c1-11-45(62)59-25-21-39(34(59)5)50(64)57(9)47(33(3)4)49(63)55-43-27-36-16-13-17-37(26-36)38-19-20-44-41(28-38)42(48(58(44)12-2)40-18-14-23-54-46(40)35(6)66-10)29-52(7,8)31-67-32-53(30-61)22-15-24-60(56-53)51(43)65/h11,13-14,16-20,23,26,28,30,33-35,39,43,47,56H,1,12,15,21-22,24-25,27,29,31-32H2,2-10H3,(H,55,63)/t34-,35-,39-,43-,47-,53-/m0/s1. The van der Waals surface area contributed by atoms with Crippen LogP contribution in [0.5, 0.6) is 0 Å². The molecule has 67 heavy (non-hydrogen) atoms. The number of hydrogen-bond donors (Lipinski definition) is 2. The molecule has 2 N–H and O–H groups in total. The Morgan fingerprint density at radius 1 is 1.07 bits per heavy atom. The quantitative estimate of drug-likeness (QED) is 0.124. The highest BCUT2D eigenvalue weighted by Crippen LogP contribution is 2.42. The fourth-order valence-corrected chi connectivity index (χ4v) is 10.6. The van der Waals surface area contributed by atoms with E-state index in [0.717, 1.165) is 62.9 Å². The van der Waals surface area contributed by atoms with Gasteiger partial charge in [0.1, 0.15) is 23.9 Å². The van der Waals surface area contributed by atoms with Crippen molar-refractivity contribution in [3.05, 3.63) is 90.3 Å². The van der Waals surface area contributed by atoms with Gasteiger partial charge in [0.05, 0.1) is 36.6 Å². The highest BCUT2D eigenvalue weighted by molar-refractivity contribution is 5.96. The van der Waals surface area contributed by atoms with Gasteiger partial charge < -0.3 is 34.0 Å². The predicted octanol–water partition coefficient (Wildman–Crippen LogP) is 6.69. The summed E-state index contributed by atoms with van der Waals surface area (Å²) in [6.07, 6.45) is 5.90. The molecule has 4 amide bonds. The lowest BCUT2D eigenvalue weighted by Crippen LogP contribution is -2.66. The van der Waals surface area contributed by atoms with Crippen molar-refractivity contribution in [1.82, 2.24) is 35.1 Å². The normalized spacial score (nSPS) is 23.1. The number of aromatic nitrogens is 2. The minimum absolute atomic E-state index is 0.0341. The van der Waals surface area contributed by atoms with Crippen molar-refractivity contribution in [2.45, 2.75) is 117 Å². The molecule has 2 saturated heterocycles. The largest absolute Gasteiger partial charge is 0.378 e. The van der Waals surface area contributed by atoms with Crippen LogP contribution in [0.15, 0.2) is 73.4 Å². The molecule has 4 aromatic rings. The fraction of sp³-hybridized carbons (Fsp3) is 0.509. The molecule has 6 bridgehead atoms. The van der Waals surface area contributed by atoms with Gasteiger partial charge in [-0.1, -0.05) is 64.6 Å². The molecule has 14 nitrogen and oxygen atoms in total. The second-order valence-corrected chi connectivity index (χ2v) is 19.9. The maximum Gasteiger partial charge on any atom is 0.259 e. The van der Waals surface area contributed by atoms with Crippen LogP contribution in [0.4, 0.5) is 0 Å². The number of fused-ring (bicyclic) bond motifs is 6. The van der Waals surface area contributed by atoms with Crippen molar-refractivity contribution in [2.24, 2.45) is 17.3 Å². The van der Waals surface area contributed by atoms with Gasteiger partial charge in [0.25, 0.3) is 5.91 Å². The van der Waals surface area contributed by atoms with Gasteiger partial charge in [-0.25, -0.2) is 5.43 Å². The summed E-state index contributed by atoms with van der Waals surface area (Å²) in [6, 6.07) is 16.3. The predicted molar refractivity (Wildman–Crippen MR) is 259 cm³/mol. The Labute approximate surface area is 395 Å². The van der Waals surface area contributed by atoms with Crippen LogP contribution in [0.2, 0.25) is 0 Å². The number of rotatable bonds is 11. The van der Waals surface area contributed by atoms with E-state index >= 15 is 0 Å². The van der Waals surface area contributed by atoms with Crippen molar-refractivity contribution >= 4 is 40.8 Å². The minimum Gasteiger partial charge on any atom is -0.378 e. The van der Waals surface area contributed by atoms with E-state index in [9.17, 15) is 24.0 Å². The summed E-state index contributed by atoms with van der Waals surface area (Å²) in [6.45, 7) is 19.5. The molecule has 14 heteroatoms. The summed E-state index contributed by atoms with van der Waals surface area (Å²) < 4.78 is 14.7. The molecule has 0 spiro atoms. The van der Waals surface area contributed by atoms with Crippen LogP contribution in [0, 0.1) is 17.3 Å². The number of benzene rings is 2. The van der Waals surface area contributed by atoms with Crippen molar-refractivity contribution in [3.63, 3.8) is 0 Å². The van der Waals surface area contributed by atoms with Gasteiger partial charge in [0.15, 0.2) is 0 Å². The zero-order valence-corrected chi connectivity index (χ0v) is 40.8. The lowest BCUT2D eigenvalue weighted by atomic mass is 9.84. The van der Waals surface area contributed by atoms with E-state index < -0.39 is 40.8 Å². The SMILES string of the molecule is C=CC(=O)N1CC[C@H](C(=O)N(C)[C@H](C(=O)N[C@H]2Cc3cccc(c3)-c3ccc4c(c3)c(c(-c3cccnc3[C@H](C)OC)n4CC)CC(C)(C)COC[C@@]3(C=O)CCCN(N3)C2=O)C(C)C)[C@@H]1C. The van der Waals surface area contributed by atoms with Crippen molar-refractivity contribution in [1.29, 1.82) is 0 Å². The lowest BCUT2D eigenvalue weighted by molar-refractivity contribution is -0.149. The van der Waals surface area contributed by atoms with E-state index in [2.05, 4.69) is 79.1 Å². The Bertz CT molecular complexity index is 2520. The number of amides is 4. The van der Waals surface area contributed by atoms with Crippen LogP contribution in [0.3, 0.4) is 0 Å². The molecular formula is C53H69N7O7. The zero-order valence-electron chi connectivity index (χ0n) is 40.8. The van der Waals surface area contributed by atoms with Crippen molar-refractivity contribution in [3.8, 4) is 22.4 Å². The monoisotopic (exact) mass is 916 g/mol. The Hall–Kier alpha value is -5.70. The van der Waals surface area contributed by atoms with Crippen LogP contribution in [-0.2, 0) is 52.8 Å². The van der Waals surface area contributed by atoms with Crippen molar-refractivity contribution < 1.29 is 33.4 Å². The van der Waals surface area contributed by atoms with Gasteiger partial charge in [-0.15, -0.1) is 0 Å². The molecule has 2 fully saturated rings. The van der Waals surface area contributed by atoms with Crippen molar-refractivity contribution in [2.75, 3.05) is 40.5 Å². The summed E-state index contributed by atoms with van der Waals surface area (Å²) in [4.78, 5) is 77.2. The zero-order chi connectivity index (χ0) is 48.4. The topological polar surface area (TPSA) is 155 Å².